The topological polar surface area (TPSA) is 66.4 Å². The normalized spacial score (nSPS) is 15.6. The molecule has 3 rings (SSSR count). The van der Waals surface area contributed by atoms with Crippen molar-refractivity contribution in [3.63, 3.8) is 0 Å². The fraction of sp³-hybridized carbons (Fsp3) is 0.630. The van der Waals surface area contributed by atoms with E-state index in [1.165, 1.54) is 19.3 Å². The van der Waals surface area contributed by atoms with Gasteiger partial charge in [-0.05, 0) is 25.7 Å². The van der Waals surface area contributed by atoms with Crippen LogP contribution in [-0.4, -0.2) is 54.6 Å². The van der Waals surface area contributed by atoms with Gasteiger partial charge in [-0.25, -0.2) is 22.7 Å². The Morgan fingerprint density at radius 1 is 0.912 bits per heavy atom. The van der Waals surface area contributed by atoms with Crippen LogP contribution in [0, 0.1) is 6.92 Å². The molecular weight excluding hydrogens is 444 g/mol. The average Bonchev–Trinajstić information content (AvgIpc) is 3.08. The Kier molecular flexibility index (Phi) is 9.89. The SMILES string of the molecule is CCCCCCCCS(=O)(=O)N1CCCN(c2nc(-c3ccccc3)nc(C)c2C(C)C)CC1. The molecule has 1 aliphatic rings. The number of unbranched alkanes of at least 4 members (excludes halogenated alkanes) is 5. The molecule has 1 aromatic carbocycles. The lowest BCUT2D eigenvalue weighted by Gasteiger charge is -2.27. The Bertz CT molecular complexity index is 1010. The van der Waals surface area contributed by atoms with Crippen LogP contribution in [0.2, 0.25) is 0 Å². The van der Waals surface area contributed by atoms with Crippen molar-refractivity contribution in [2.75, 3.05) is 36.8 Å². The summed E-state index contributed by atoms with van der Waals surface area (Å²) in [5.41, 5.74) is 3.15. The molecule has 6 nitrogen and oxygen atoms in total. The summed E-state index contributed by atoms with van der Waals surface area (Å²) < 4.78 is 27.7. The summed E-state index contributed by atoms with van der Waals surface area (Å²) in [5, 5.41) is 0. The van der Waals surface area contributed by atoms with Gasteiger partial charge in [0.2, 0.25) is 10.0 Å². The molecule has 0 unspecified atom stereocenters. The number of sulfonamides is 1. The number of anilines is 1. The summed E-state index contributed by atoms with van der Waals surface area (Å²) in [4.78, 5) is 12.1. The number of rotatable bonds is 11. The Balaban J connectivity index is 1.73. The lowest BCUT2D eigenvalue weighted by Crippen LogP contribution is -2.37. The van der Waals surface area contributed by atoms with Crippen LogP contribution in [-0.2, 0) is 10.0 Å². The summed E-state index contributed by atoms with van der Waals surface area (Å²) in [6, 6.07) is 10.1. The van der Waals surface area contributed by atoms with Gasteiger partial charge in [0.05, 0.1) is 5.75 Å². The highest BCUT2D eigenvalue weighted by Crippen LogP contribution is 2.31. The Morgan fingerprint density at radius 3 is 2.32 bits per heavy atom. The fourth-order valence-corrected chi connectivity index (χ4v) is 6.37. The predicted molar refractivity (Wildman–Crippen MR) is 142 cm³/mol. The Hall–Kier alpha value is -1.99. The van der Waals surface area contributed by atoms with Crippen LogP contribution in [0.25, 0.3) is 11.4 Å². The van der Waals surface area contributed by atoms with Crippen molar-refractivity contribution < 1.29 is 8.42 Å². The van der Waals surface area contributed by atoms with Crippen molar-refractivity contribution in [2.45, 2.75) is 78.6 Å². The number of aromatic nitrogens is 2. The number of nitrogens with zero attached hydrogens (tertiary/aromatic N) is 4. The quantitative estimate of drug-likeness (QED) is 0.377. The van der Waals surface area contributed by atoms with E-state index in [9.17, 15) is 8.42 Å². The van der Waals surface area contributed by atoms with E-state index >= 15 is 0 Å². The molecule has 0 amide bonds. The summed E-state index contributed by atoms with van der Waals surface area (Å²) in [5.74, 6) is 2.24. The first-order valence-electron chi connectivity index (χ1n) is 13.0. The third-order valence-corrected chi connectivity index (χ3v) is 8.59. The zero-order chi connectivity index (χ0) is 24.6. The largest absolute Gasteiger partial charge is 0.355 e. The predicted octanol–water partition coefficient (Wildman–Crippen LogP) is 5.78. The highest BCUT2D eigenvalue weighted by Gasteiger charge is 2.27. The smallest absolute Gasteiger partial charge is 0.214 e. The minimum absolute atomic E-state index is 0.265. The minimum Gasteiger partial charge on any atom is -0.355 e. The van der Waals surface area contributed by atoms with Crippen LogP contribution in [0.15, 0.2) is 30.3 Å². The van der Waals surface area contributed by atoms with E-state index in [0.29, 0.717) is 19.6 Å². The molecule has 0 aliphatic carbocycles. The van der Waals surface area contributed by atoms with Gasteiger partial charge in [-0.3, -0.25) is 0 Å². The molecule has 1 aliphatic heterocycles. The first-order chi connectivity index (χ1) is 16.3. The molecule has 2 aromatic rings. The van der Waals surface area contributed by atoms with E-state index in [0.717, 1.165) is 60.7 Å². The molecule has 188 valence electrons. The lowest BCUT2D eigenvalue weighted by atomic mass is 10.0. The van der Waals surface area contributed by atoms with Crippen molar-refractivity contribution in [3.8, 4) is 11.4 Å². The Labute approximate surface area is 206 Å². The molecule has 7 heteroatoms. The number of aryl methyl sites for hydroxylation is 1. The summed E-state index contributed by atoms with van der Waals surface area (Å²) >= 11 is 0. The first-order valence-corrected chi connectivity index (χ1v) is 14.6. The highest BCUT2D eigenvalue weighted by atomic mass is 32.2. The molecular formula is C27H42N4O2S. The van der Waals surface area contributed by atoms with Crippen LogP contribution < -0.4 is 4.90 Å². The third kappa shape index (κ3) is 7.01. The van der Waals surface area contributed by atoms with Crippen LogP contribution in [0.3, 0.4) is 0 Å². The molecule has 0 bridgehead atoms. The van der Waals surface area contributed by atoms with Crippen molar-refractivity contribution in [2.24, 2.45) is 0 Å². The van der Waals surface area contributed by atoms with Gasteiger partial charge in [0.1, 0.15) is 5.82 Å². The van der Waals surface area contributed by atoms with E-state index in [4.69, 9.17) is 9.97 Å². The van der Waals surface area contributed by atoms with E-state index in [1.54, 1.807) is 4.31 Å². The van der Waals surface area contributed by atoms with Crippen molar-refractivity contribution in [1.29, 1.82) is 0 Å². The van der Waals surface area contributed by atoms with Gasteiger partial charge in [-0.1, -0.05) is 83.2 Å². The maximum absolute atomic E-state index is 13.0. The molecule has 0 N–H and O–H groups in total. The van der Waals surface area contributed by atoms with E-state index in [-0.39, 0.29) is 11.7 Å². The van der Waals surface area contributed by atoms with Crippen LogP contribution in [0.5, 0.6) is 0 Å². The molecule has 1 aromatic heterocycles. The van der Waals surface area contributed by atoms with Gasteiger partial charge in [0, 0.05) is 43.0 Å². The number of hydrogen-bond donors (Lipinski definition) is 0. The van der Waals surface area contributed by atoms with Crippen molar-refractivity contribution in [3.05, 3.63) is 41.6 Å². The highest BCUT2D eigenvalue weighted by molar-refractivity contribution is 7.89. The third-order valence-electron chi connectivity index (χ3n) is 6.63. The average molecular weight is 487 g/mol. The summed E-state index contributed by atoms with van der Waals surface area (Å²) in [6.07, 6.45) is 7.34. The van der Waals surface area contributed by atoms with E-state index < -0.39 is 10.0 Å². The monoisotopic (exact) mass is 486 g/mol. The molecule has 0 radical (unpaired) electrons. The van der Waals surface area contributed by atoms with Crippen LogP contribution in [0.1, 0.15) is 82.9 Å². The zero-order valence-corrected chi connectivity index (χ0v) is 22.3. The molecule has 1 fully saturated rings. The summed E-state index contributed by atoms with van der Waals surface area (Å²) in [7, 11) is -3.22. The van der Waals surface area contributed by atoms with Crippen LogP contribution >= 0.6 is 0 Å². The molecule has 0 saturated carbocycles. The van der Waals surface area contributed by atoms with E-state index in [1.807, 2.05) is 30.3 Å². The second kappa shape index (κ2) is 12.6. The maximum atomic E-state index is 13.0. The fourth-order valence-electron chi connectivity index (χ4n) is 4.78. The summed E-state index contributed by atoms with van der Waals surface area (Å²) in [6.45, 7) is 11.2. The zero-order valence-electron chi connectivity index (χ0n) is 21.5. The van der Waals surface area contributed by atoms with Gasteiger partial charge < -0.3 is 4.90 Å². The molecule has 34 heavy (non-hydrogen) atoms. The standard InChI is InChI=1S/C27H42N4O2S/c1-5-6-7-8-9-13-21-34(32,33)31-18-14-17-30(19-20-31)27-25(22(2)3)23(4)28-26(29-27)24-15-11-10-12-16-24/h10-12,15-16,22H,5-9,13-14,17-21H2,1-4H3. The number of benzene rings is 1. The van der Waals surface area contributed by atoms with Crippen molar-refractivity contribution in [1.82, 2.24) is 14.3 Å². The van der Waals surface area contributed by atoms with E-state index in [2.05, 4.69) is 32.6 Å². The van der Waals surface area contributed by atoms with Crippen molar-refractivity contribution >= 4 is 15.8 Å². The van der Waals surface area contributed by atoms with Gasteiger partial charge in [0.15, 0.2) is 5.82 Å². The maximum Gasteiger partial charge on any atom is 0.214 e. The Morgan fingerprint density at radius 2 is 1.62 bits per heavy atom. The molecule has 1 saturated heterocycles. The second-order valence-corrected chi connectivity index (χ2v) is 11.8. The molecule has 0 atom stereocenters. The van der Waals surface area contributed by atoms with Gasteiger partial charge in [-0.2, -0.15) is 0 Å². The molecule has 2 heterocycles. The second-order valence-electron chi connectivity index (χ2n) is 9.71. The van der Waals surface area contributed by atoms with Gasteiger partial charge >= 0.3 is 0 Å². The number of hydrogen-bond acceptors (Lipinski definition) is 5. The first kappa shape index (κ1) is 26.6. The van der Waals surface area contributed by atoms with Gasteiger partial charge in [-0.15, -0.1) is 0 Å². The minimum atomic E-state index is -3.22. The van der Waals surface area contributed by atoms with Gasteiger partial charge in [0.25, 0.3) is 0 Å². The molecule has 0 spiro atoms. The van der Waals surface area contributed by atoms with Crippen LogP contribution in [0.4, 0.5) is 5.82 Å². The lowest BCUT2D eigenvalue weighted by molar-refractivity contribution is 0.431.